The average molecular weight is 323 g/mol. The van der Waals surface area contributed by atoms with Gasteiger partial charge in [0.2, 0.25) is 0 Å². The zero-order chi connectivity index (χ0) is 15.6. The Balaban J connectivity index is 1.61. The van der Waals surface area contributed by atoms with Gasteiger partial charge in [0.05, 0.1) is 30.0 Å². The van der Waals surface area contributed by atoms with Crippen LogP contribution >= 0.6 is 11.3 Å². The van der Waals surface area contributed by atoms with Gasteiger partial charge in [0.25, 0.3) is 0 Å². The van der Waals surface area contributed by atoms with Gasteiger partial charge in [-0.05, 0) is 35.2 Å². The molecule has 6 nitrogen and oxygen atoms in total. The van der Waals surface area contributed by atoms with Crippen molar-refractivity contribution in [3.8, 4) is 11.4 Å². The highest BCUT2D eigenvalue weighted by Gasteiger charge is 2.07. The second kappa shape index (κ2) is 5.69. The predicted molar refractivity (Wildman–Crippen MR) is 90.0 cm³/mol. The summed E-state index contributed by atoms with van der Waals surface area (Å²) in [6.45, 7) is 0.578. The molecule has 4 aromatic rings. The number of anilines is 1. The number of nitrogens with zero attached hydrogens (tertiary/aromatic N) is 4. The van der Waals surface area contributed by atoms with Crippen molar-refractivity contribution >= 4 is 27.1 Å². The van der Waals surface area contributed by atoms with Crippen LogP contribution in [0.25, 0.3) is 15.8 Å². The highest BCUT2D eigenvalue weighted by molar-refractivity contribution is 7.17. The minimum absolute atomic E-state index is 0.309. The molecule has 3 heterocycles. The van der Waals surface area contributed by atoms with Crippen molar-refractivity contribution in [1.82, 2.24) is 20.0 Å². The number of phenolic OH excluding ortho intramolecular Hbond substituents is 1. The number of pyridine rings is 1. The van der Waals surface area contributed by atoms with Crippen LogP contribution in [-0.2, 0) is 6.54 Å². The molecule has 3 aromatic heterocycles. The van der Waals surface area contributed by atoms with Crippen LogP contribution < -0.4 is 5.32 Å². The molecule has 0 saturated carbocycles. The molecule has 1 aromatic carbocycles. The van der Waals surface area contributed by atoms with Gasteiger partial charge >= 0.3 is 0 Å². The van der Waals surface area contributed by atoms with E-state index in [9.17, 15) is 5.11 Å². The van der Waals surface area contributed by atoms with Gasteiger partial charge < -0.3 is 10.4 Å². The van der Waals surface area contributed by atoms with Gasteiger partial charge in [0.1, 0.15) is 5.75 Å². The number of thiophene rings is 1. The van der Waals surface area contributed by atoms with E-state index in [2.05, 4.69) is 26.7 Å². The van der Waals surface area contributed by atoms with Crippen LogP contribution in [0.5, 0.6) is 5.75 Å². The molecule has 0 radical (unpaired) electrons. The summed E-state index contributed by atoms with van der Waals surface area (Å²) < 4.78 is 2.76. The maximum Gasteiger partial charge on any atom is 0.124 e. The Kier molecular flexibility index (Phi) is 3.39. The van der Waals surface area contributed by atoms with Gasteiger partial charge in [-0.1, -0.05) is 5.21 Å². The summed E-state index contributed by atoms with van der Waals surface area (Å²) in [7, 11) is 0. The van der Waals surface area contributed by atoms with Crippen molar-refractivity contribution in [2.24, 2.45) is 0 Å². The quantitative estimate of drug-likeness (QED) is 0.603. The van der Waals surface area contributed by atoms with Gasteiger partial charge in [0.15, 0.2) is 0 Å². The summed E-state index contributed by atoms with van der Waals surface area (Å²) in [6, 6.07) is 7.67. The molecule has 0 fully saturated rings. The van der Waals surface area contributed by atoms with E-state index in [0.29, 0.717) is 12.3 Å². The molecule has 114 valence electrons. The third-order valence-electron chi connectivity index (χ3n) is 3.56. The fourth-order valence-corrected chi connectivity index (χ4v) is 3.34. The molecule has 0 aliphatic rings. The van der Waals surface area contributed by atoms with E-state index in [-0.39, 0.29) is 0 Å². The lowest BCUT2D eigenvalue weighted by molar-refractivity contribution is 0.481. The molecule has 0 aliphatic carbocycles. The Morgan fingerprint density at radius 3 is 3.04 bits per heavy atom. The number of rotatable bonds is 4. The fourth-order valence-electron chi connectivity index (χ4n) is 2.47. The van der Waals surface area contributed by atoms with E-state index in [4.69, 9.17) is 0 Å². The van der Waals surface area contributed by atoms with E-state index in [1.54, 1.807) is 46.9 Å². The lowest BCUT2D eigenvalue weighted by Gasteiger charge is -2.11. The molecule has 0 bridgehead atoms. The third kappa shape index (κ3) is 2.62. The van der Waals surface area contributed by atoms with E-state index in [1.807, 2.05) is 17.5 Å². The largest absolute Gasteiger partial charge is 0.507 e. The molecule has 0 amide bonds. The van der Waals surface area contributed by atoms with Crippen LogP contribution in [0.2, 0.25) is 0 Å². The molecule has 0 unspecified atom stereocenters. The normalized spacial score (nSPS) is 11.0. The van der Waals surface area contributed by atoms with Crippen LogP contribution in [0.1, 0.15) is 5.56 Å². The van der Waals surface area contributed by atoms with Crippen molar-refractivity contribution in [2.45, 2.75) is 6.54 Å². The smallest absolute Gasteiger partial charge is 0.124 e. The summed E-state index contributed by atoms with van der Waals surface area (Å²) in [5.41, 5.74) is 2.73. The van der Waals surface area contributed by atoms with Crippen molar-refractivity contribution in [3.63, 3.8) is 0 Å². The molecular weight excluding hydrogens is 310 g/mol. The Hall–Kier alpha value is -2.93. The van der Waals surface area contributed by atoms with E-state index < -0.39 is 0 Å². The number of benzene rings is 1. The highest BCUT2D eigenvalue weighted by Crippen LogP contribution is 2.31. The monoisotopic (exact) mass is 323 g/mol. The van der Waals surface area contributed by atoms with Crippen LogP contribution in [0, 0.1) is 0 Å². The number of fused-ring (bicyclic) bond motifs is 1. The molecular formula is C16H13N5OS. The predicted octanol–water partition coefficient (Wildman–Crippen LogP) is 3.19. The van der Waals surface area contributed by atoms with Crippen molar-refractivity contribution in [3.05, 3.63) is 60.0 Å². The van der Waals surface area contributed by atoms with Gasteiger partial charge in [0, 0.05) is 22.8 Å². The third-order valence-corrected chi connectivity index (χ3v) is 4.42. The molecule has 0 aliphatic heterocycles. The standard InChI is InChI=1S/C16H13N5OS/c22-15-7-11(8-16-12(15)2-6-23-16)9-18-13-10-17-3-1-14(13)21-5-4-19-20-21/h1-8,10,18,22H,9H2. The second-order valence-electron chi connectivity index (χ2n) is 5.04. The lowest BCUT2D eigenvalue weighted by Crippen LogP contribution is -2.05. The Morgan fingerprint density at radius 2 is 2.17 bits per heavy atom. The first-order valence-electron chi connectivity index (χ1n) is 7.05. The summed E-state index contributed by atoms with van der Waals surface area (Å²) in [6.07, 6.45) is 6.88. The Bertz CT molecular complexity index is 948. The first kappa shape index (κ1) is 13.7. The van der Waals surface area contributed by atoms with Crippen LogP contribution in [0.4, 0.5) is 5.69 Å². The summed E-state index contributed by atoms with van der Waals surface area (Å²) in [5.74, 6) is 0.309. The first-order valence-corrected chi connectivity index (χ1v) is 7.93. The molecule has 2 N–H and O–H groups in total. The van der Waals surface area contributed by atoms with Crippen LogP contribution in [0.15, 0.2) is 54.4 Å². The Morgan fingerprint density at radius 1 is 1.22 bits per heavy atom. The molecule has 7 heteroatoms. The van der Waals surface area contributed by atoms with Crippen LogP contribution in [0.3, 0.4) is 0 Å². The van der Waals surface area contributed by atoms with Gasteiger partial charge in [-0.15, -0.1) is 16.4 Å². The number of hydrogen-bond acceptors (Lipinski definition) is 6. The number of aromatic hydroxyl groups is 1. The summed E-state index contributed by atoms with van der Waals surface area (Å²) in [5, 5.41) is 24.1. The van der Waals surface area contributed by atoms with Crippen LogP contribution in [-0.4, -0.2) is 25.1 Å². The van der Waals surface area contributed by atoms with Crippen molar-refractivity contribution < 1.29 is 5.11 Å². The zero-order valence-corrected chi connectivity index (χ0v) is 12.9. The number of phenols is 1. The fraction of sp³-hybridized carbons (Fsp3) is 0.0625. The molecule has 0 saturated heterocycles. The minimum Gasteiger partial charge on any atom is -0.507 e. The zero-order valence-electron chi connectivity index (χ0n) is 12.0. The SMILES string of the molecule is Oc1cc(CNc2cnccc2-n2ccnn2)cc2sccc12. The van der Waals surface area contributed by atoms with Crippen molar-refractivity contribution in [2.75, 3.05) is 5.32 Å². The molecule has 4 rings (SSSR count). The molecule has 0 atom stereocenters. The minimum atomic E-state index is 0.309. The number of aromatic nitrogens is 4. The maximum absolute atomic E-state index is 10.1. The first-order chi connectivity index (χ1) is 11.3. The van der Waals surface area contributed by atoms with E-state index >= 15 is 0 Å². The average Bonchev–Trinajstić information content (AvgIpc) is 3.25. The van der Waals surface area contributed by atoms with Gasteiger partial charge in [-0.2, -0.15) is 0 Å². The lowest BCUT2D eigenvalue weighted by atomic mass is 10.1. The highest BCUT2D eigenvalue weighted by atomic mass is 32.1. The Labute approximate surface area is 136 Å². The number of nitrogens with one attached hydrogen (secondary N) is 1. The summed E-state index contributed by atoms with van der Waals surface area (Å²) in [4.78, 5) is 4.16. The summed E-state index contributed by atoms with van der Waals surface area (Å²) >= 11 is 1.62. The van der Waals surface area contributed by atoms with Crippen molar-refractivity contribution in [1.29, 1.82) is 0 Å². The van der Waals surface area contributed by atoms with Gasteiger partial charge in [-0.3, -0.25) is 4.98 Å². The van der Waals surface area contributed by atoms with Gasteiger partial charge in [-0.25, -0.2) is 4.68 Å². The molecule has 0 spiro atoms. The van der Waals surface area contributed by atoms with E-state index in [0.717, 1.165) is 27.0 Å². The topological polar surface area (TPSA) is 75.9 Å². The van der Waals surface area contributed by atoms with E-state index in [1.165, 1.54) is 0 Å². The molecule has 23 heavy (non-hydrogen) atoms. The maximum atomic E-state index is 10.1. The number of hydrogen-bond donors (Lipinski definition) is 2. The second-order valence-corrected chi connectivity index (χ2v) is 5.99.